The average Bonchev–Trinajstić information content (AvgIpc) is 2.17. The van der Waals surface area contributed by atoms with Gasteiger partial charge in [0, 0.05) is 12.5 Å². The molecule has 0 unspecified atom stereocenters. The van der Waals surface area contributed by atoms with Crippen molar-refractivity contribution in [3.63, 3.8) is 0 Å². The molecule has 17 heavy (non-hydrogen) atoms. The minimum absolute atomic E-state index is 0. The molecule has 1 aromatic carbocycles. The SMILES string of the molecule is Cl.N[C@H](CCC(F)(F)F)c1ccc(O)c(Br)c1. The van der Waals surface area contributed by atoms with Crippen molar-refractivity contribution in [2.75, 3.05) is 0 Å². The highest BCUT2D eigenvalue weighted by molar-refractivity contribution is 9.10. The molecule has 0 saturated carbocycles. The zero-order valence-corrected chi connectivity index (χ0v) is 11.1. The maximum Gasteiger partial charge on any atom is 0.389 e. The van der Waals surface area contributed by atoms with E-state index in [2.05, 4.69) is 15.9 Å². The fourth-order valence-corrected chi connectivity index (χ4v) is 1.64. The lowest BCUT2D eigenvalue weighted by Gasteiger charge is -2.14. The summed E-state index contributed by atoms with van der Waals surface area (Å²) in [6.45, 7) is 0. The molecule has 0 bridgehead atoms. The first-order valence-electron chi connectivity index (χ1n) is 4.60. The minimum atomic E-state index is -4.19. The van der Waals surface area contributed by atoms with Crippen LogP contribution >= 0.6 is 28.3 Å². The fraction of sp³-hybridized carbons (Fsp3) is 0.400. The van der Waals surface area contributed by atoms with Crippen molar-refractivity contribution < 1.29 is 18.3 Å². The van der Waals surface area contributed by atoms with Crippen LogP contribution in [0.25, 0.3) is 0 Å². The Morgan fingerprint density at radius 1 is 1.35 bits per heavy atom. The number of nitrogens with two attached hydrogens (primary N) is 1. The van der Waals surface area contributed by atoms with Gasteiger partial charge in [0.05, 0.1) is 4.47 Å². The summed E-state index contributed by atoms with van der Waals surface area (Å²) in [6.07, 6.45) is -5.26. The lowest BCUT2D eigenvalue weighted by molar-refractivity contribution is -0.136. The standard InChI is InChI=1S/C10H11BrF3NO.ClH/c11-7-5-6(1-2-9(7)16)8(15)3-4-10(12,13)14;/h1-2,5,8,16H,3-4,15H2;1H/t8-;/m1./s1. The Kier molecular flexibility index (Phi) is 6.29. The molecule has 0 heterocycles. The van der Waals surface area contributed by atoms with Crippen molar-refractivity contribution in [1.29, 1.82) is 0 Å². The predicted molar refractivity (Wildman–Crippen MR) is 65.3 cm³/mol. The average molecular weight is 335 g/mol. The number of phenolic OH excluding ortho intramolecular Hbond substituents is 1. The Morgan fingerprint density at radius 2 is 1.94 bits per heavy atom. The molecule has 3 N–H and O–H groups in total. The molecule has 2 nitrogen and oxygen atoms in total. The molecular formula is C10H12BrClF3NO. The van der Waals surface area contributed by atoms with Gasteiger partial charge in [0.15, 0.2) is 0 Å². The van der Waals surface area contributed by atoms with Gasteiger partial charge in [-0.3, -0.25) is 0 Å². The Hall–Kier alpha value is -0.460. The van der Waals surface area contributed by atoms with E-state index in [4.69, 9.17) is 5.73 Å². The Labute approximate surface area is 112 Å². The Balaban J connectivity index is 0.00000256. The molecule has 0 fully saturated rings. The van der Waals surface area contributed by atoms with Crippen LogP contribution in [0.1, 0.15) is 24.4 Å². The number of benzene rings is 1. The van der Waals surface area contributed by atoms with Crippen molar-refractivity contribution in [2.45, 2.75) is 25.1 Å². The van der Waals surface area contributed by atoms with Crippen LogP contribution in [0.4, 0.5) is 13.2 Å². The maximum absolute atomic E-state index is 12.0. The van der Waals surface area contributed by atoms with Crippen LogP contribution < -0.4 is 5.73 Å². The van der Waals surface area contributed by atoms with E-state index in [1.807, 2.05) is 0 Å². The van der Waals surface area contributed by atoms with Crippen LogP contribution in [0, 0.1) is 0 Å². The van der Waals surface area contributed by atoms with Gasteiger partial charge in [-0.15, -0.1) is 12.4 Å². The molecule has 0 aromatic heterocycles. The number of aromatic hydroxyl groups is 1. The van der Waals surface area contributed by atoms with Crippen molar-refractivity contribution in [2.24, 2.45) is 5.73 Å². The number of halogens is 5. The Bertz CT molecular complexity index is 373. The maximum atomic E-state index is 12.0. The second-order valence-electron chi connectivity index (χ2n) is 3.47. The van der Waals surface area contributed by atoms with Gasteiger partial charge in [-0.1, -0.05) is 6.07 Å². The first-order chi connectivity index (χ1) is 7.29. The van der Waals surface area contributed by atoms with Crippen LogP contribution in [-0.2, 0) is 0 Å². The molecule has 0 aliphatic heterocycles. The molecule has 98 valence electrons. The van der Waals surface area contributed by atoms with E-state index in [0.717, 1.165) is 0 Å². The third-order valence-electron chi connectivity index (χ3n) is 2.14. The lowest BCUT2D eigenvalue weighted by Crippen LogP contribution is -2.15. The largest absolute Gasteiger partial charge is 0.507 e. The first kappa shape index (κ1) is 16.5. The number of alkyl halides is 3. The molecule has 0 radical (unpaired) electrons. The van der Waals surface area contributed by atoms with E-state index in [-0.39, 0.29) is 24.6 Å². The zero-order chi connectivity index (χ0) is 12.3. The van der Waals surface area contributed by atoms with Crippen molar-refractivity contribution in [3.05, 3.63) is 28.2 Å². The molecule has 0 aliphatic rings. The molecule has 1 atom stereocenters. The van der Waals surface area contributed by atoms with Crippen LogP contribution in [0.3, 0.4) is 0 Å². The first-order valence-corrected chi connectivity index (χ1v) is 5.39. The second-order valence-corrected chi connectivity index (χ2v) is 4.33. The monoisotopic (exact) mass is 333 g/mol. The summed E-state index contributed by atoms with van der Waals surface area (Å²) < 4.78 is 36.3. The van der Waals surface area contributed by atoms with E-state index < -0.39 is 18.6 Å². The van der Waals surface area contributed by atoms with Crippen LogP contribution in [0.15, 0.2) is 22.7 Å². The molecule has 1 rings (SSSR count). The summed E-state index contributed by atoms with van der Waals surface area (Å²) in [5, 5.41) is 9.22. The van der Waals surface area contributed by atoms with Crippen molar-refractivity contribution in [3.8, 4) is 5.75 Å². The highest BCUT2D eigenvalue weighted by Crippen LogP contribution is 2.30. The summed E-state index contributed by atoms with van der Waals surface area (Å²) in [5.41, 5.74) is 6.18. The molecule has 0 aliphatic carbocycles. The smallest absolute Gasteiger partial charge is 0.389 e. The van der Waals surface area contributed by atoms with Gasteiger partial charge in [-0.25, -0.2) is 0 Å². The second kappa shape index (κ2) is 6.47. The van der Waals surface area contributed by atoms with Gasteiger partial charge in [0.1, 0.15) is 5.75 Å². The fourth-order valence-electron chi connectivity index (χ4n) is 1.24. The van der Waals surface area contributed by atoms with Crippen molar-refractivity contribution in [1.82, 2.24) is 0 Å². The van der Waals surface area contributed by atoms with Gasteiger partial charge in [0.2, 0.25) is 0 Å². The highest BCUT2D eigenvalue weighted by Gasteiger charge is 2.27. The van der Waals surface area contributed by atoms with Crippen LogP contribution in [0.5, 0.6) is 5.75 Å². The van der Waals surface area contributed by atoms with Gasteiger partial charge in [0.25, 0.3) is 0 Å². The lowest BCUT2D eigenvalue weighted by atomic mass is 10.0. The molecule has 0 saturated heterocycles. The van der Waals surface area contributed by atoms with Gasteiger partial charge in [-0.05, 0) is 40.0 Å². The Morgan fingerprint density at radius 3 is 2.41 bits per heavy atom. The summed E-state index contributed by atoms with van der Waals surface area (Å²) in [7, 11) is 0. The third kappa shape index (κ3) is 5.61. The third-order valence-corrected chi connectivity index (χ3v) is 2.77. The topological polar surface area (TPSA) is 46.2 Å². The summed E-state index contributed by atoms with van der Waals surface area (Å²) >= 11 is 3.08. The number of rotatable bonds is 3. The van der Waals surface area contributed by atoms with E-state index in [1.54, 1.807) is 0 Å². The van der Waals surface area contributed by atoms with Gasteiger partial charge in [-0.2, -0.15) is 13.2 Å². The molecular weight excluding hydrogens is 322 g/mol. The summed E-state index contributed by atoms with van der Waals surface area (Å²) in [5.74, 6) is 0.0340. The van der Waals surface area contributed by atoms with Crippen LogP contribution in [0.2, 0.25) is 0 Å². The zero-order valence-electron chi connectivity index (χ0n) is 8.67. The quantitative estimate of drug-likeness (QED) is 0.880. The predicted octanol–water partition coefficient (Wildman–Crippen LogP) is 3.92. The molecule has 1 aromatic rings. The van der Waals surface area contributed by atoms with E-state index >= 15 is 0 Å². The highest BCUT2D eigenvalue weighted by atomic mass is 79.9. The minimum Gasteiger partial charge on any atom is -0.507 e. The number of phenols is 1. The van der Waals surface area contributed by atoms with Gasteiger partial charge < -0.3 is 10.8 Å². The number of hydrogen-bond donors (Lipinski definition) is 2. The van der Waals surface area contributed by atoms with Gasteiger partial charge >= 0.3 is 6.18 Å². The molecule has 0 amide bonds. The normalized spacial score (nSPS) is 13.0. The van der Waals surface area contributed by atoms with E-state index in [1.165, 1.54) is 18.2 Å². The molecule has 7 heteroatoms. The summed E-state index contributed by atoms with van der Waals surface area (Å²) in [4.78, 5) is 0. The summed E-state index contributed by atoms with van der Waals surface area (Å²) in [6, 6.07) is 3.75. The van der Waals surface area contributed by atoms with E-state index in [9.17, 15) is 18.3 Å². The number of hydrogen-bond acceptors (Lipinski definition) is 2. The van der Waals surface area contributed by atoms with Crippen LogP contribution in [-0.4, -0.2) is 11.3 Å². The molecule has 0 spiro atoms. The van der Waals surface area contributed by atoms with Crippen molar-refractivity contribution >= 4 is 28.3 Å². The van der Waals surface area contributed by atoms with E-state index in [0.29, 0.717) is 10.0 Å².